The Morgan fingerprint density at radius 2 is 1.96 bits per heavy atom. The fraction of sp³-hybridized carbons (Fsp3) is 0.611. The van der Waals surface area contributed by atoms with E-state index in [1.165, 1.54) is 29.9 Å². The van der Waals surface area contributed by atoms with Crippen LogP contribution in [-0.2, 0) is 17.8 Å². The number of carbonyl (C=O) groups excluding carboxylic acids is 1. The van der Waals surface area contributed by atoms with Crippen molar-refractivity contribution >= 4 is 17.9 Å². The van der Waals surface area contributed by atoms with Gasteiger partial charge in [0.1, 0.15) is 5.60 Å². The van der Waals surface area contributed by atoms with Gasteiger partial charge in [-0.2, -0.15) is 11.8 Å². The van der Waals surface area contributed by atoms with Crippen LogP contribution in [0.2, 0.25) is 0 Å². The highest BCUT2D eigenvalue weighted by Crippen LogP contribution is 2.18. The van der Waals surface area contributed by atoms with Gasteiger partial charge in [0.25, 0.3) is 0 Å². The summed E-state index contributed by atoms with van der Waals surface area (Å²) in [6.07, 6.45) is 2.18. The number of benzene rings is 1. The Labute approximate surface area is 143 Å². The molecule has 128 valence electrons. The molecule has 1 aromatic carbocycles. The van der Waals surface area contributed by atoms with E-state index in [4.69, 9.17) is 4.74 Å². The Bertz CT molecular complexity index is 508. The zero-order valence-corrected chi connectivity index (χ0v) is 15.2. The quantitative estimate of drug-likeness (QED) is 0.861. The first-order valence-electron chi connectivity index (χ1n) is 8.29. The van der Waals surface area contributed by atoms with Gasteiger partial charge in [0.15, 0.2) is 0 Å². The second-order valence-electron chi connectivity index (χ2n) is 6.92. The van der Waals surface area contributed by atoms with Gasteiger partial charge in [0.2, 0.25) is 0 Å². The fourth-order valence-electron chi connectivity index (χ4n) is 2.54. The summed E-state index contributed by atoms with van der Waals surface area (Å²) in [4.78, 5) is 11.8. The molecule has 1 aliphatic rings. The molecule has 2 rings (SSSR count). The predicted molar refractivity (Wildman–Crippen MR) is 96.7 cm³/mol. The molecule has 1 amide bonds. The zero-order valence-electron chi connectivity index (χ0n) is 14.4. The van der Waals surface area contributed by atoms with Gasteiger partial charge < -0.3 is 15.4 Å². The molecule has 1 aromatic rings. The molecular formula is C18H28N2O2S. The molecule has 1 unspecified atom stereocenters. The topological polar surface area (TPSA) is 50.4 Å². The van der Waals surface area contributed by atoms with Crippen molar-refractivity contribution in [2.24, 2.45) is 0 Å². The second-order valence-corrected chi connectivity index (χ2v) is 8.07. The Morgan fingerprint density at radius 3 is 2.57 bits per heavy atom. The molecule has 4 nitrogen and oxygen atoms in total. The smallest absolute Gasteiger partial charge is 0.407 e. The van der Waals surface area contributed by atoms with E-state index in [1.807, 2.05) is 44.7 Å². The van der Waals surface area contributed by atoms with E-state index in [9.17, 15) is 4.79 Å². The van der Waals surface area contributed by atoms with Crippen LogP contribution in [0.25, 0.3) is 0 Å². The van der Waals surface area contributed by atoms with Crippen LogP contribution < -0.4 is 10.6 Å². The van der Waals surface area contributed by atoms with Crippen molar-refractivity contribution in [3.8, 4) is 0 Å². The average molecular weight is 337 g/mol. The van der Waals surface area contributed by atoms with E-state index in [2.05, 4.69) is 22.8 Å². The molecule has 23 heavy (non-hydrogen) atoms. The van der Waals surface area contributed by atoms with Gasteiger partial charge in [-0.1, -0.05) is 24.3 Å². The third-order valence-corrected chi connectivity index (χ3v) is 4.90. The zero-order chi connectivity index (χ0) is 16.7. The monoisotopic (exact) mass is 336 g/mol. The molecule has 0 spiro atoms. The van der Waals surface area contributed by atoms with Crippen LogP contribution in [0.5, 0.6) is 0 Å². The van der Waals surface area contributed by atoms with Gasteiger partial charge in [0, 0.05) is 24.9 Å². The normalized spacial score (nSPS) is 18.5. The summed E-state index contributed by atoms with van der Waals surface area (Å²) < 4.78 is 5.29. The lowest BCUT2D eigenvalue weighted by Crippen LogP contribution is -2.34. The van der Waals surface area contributed by atoms with E-state index in [0.29, 0.717) is 12.6 Å². The molecule has 5 heteroatoms. The number of amides is 1. The lowest BCUT2D eigenvalue weighted by atomic mass is 10.1. The number of rotatable bonds is 5. The van der Waals surface area contributed by atoms with E-state index in [1.54, 1.807) is 0 Å². The summed E-state index contributed by atoms with van der Waals surface area (Å²) in [7, 11) is 0. The van der Waals surface area contributed by atoms with Crippen LogP contribution in [0, 0.1) is 0 Å². The van der Waals surface area contributed by atoms with E-state index < -0.39 is 5.60 Å². The number of ether oxygens (including phenoxy) is 1. The third-order valence-electron chi connectivity index (χ3n) is 3.68. The molecule has 0 aliphatic carbocycles. The highest BCUT2D eigenvalue weighted by Gasteiger charge is 2.16. The highest BCUT2D eigenvalue weighted by molar-refractivity contribution is 7.99. The highest BCUT2D eigenvalue weighted by atomic mass is 32.2. The summed E-state index contributed by atoms with van der Waals surface area (Å²) in [5.74, 6) is 2.48. The van der Waals surface area contributed by atoms with Crippen molar-refractivity contribution in [2.75, 3.05) is 11.5 Å². The SMILES string of the molecule is CC(C)(C)OC(=O)NCc1ccccc1CNC1CCCSC1. The van der Waals surface area contributed by atoms with Crippen LogP contribution >= 0.6 is 11.8 Å². The number of nitrogens with one attached hydrogen (secondary N) is 2. The summed E-state index contributed by atoms with van der Waals surface area (Å²) in [5.41, 5.74) is 1.90. The molecule has 0 aromatic heterocycles. The molecule has 0 radical (unpaired) electrons. The van der Waals surface area contributed by atoms with Gasteiger partial charge >= 0.3 is 6.09 Å². The first kappa shape index (κ1) is 18.1. The summed E-state index contributed by atoms with van der Waals surface area (Å²) in [6.45, 7) is 6.94. The maximum atomic E-state index is 11.8. The number of hydrogen-bond acceptors (Lipinski definition) is 4. The van der Waals surface area contributed by atoms with Crippen LogP contribution in [0.1, 0.15) is 44.7 Å². The van der Waals surface area contributed by atoms with Crippen molar-refractivity contribution < 1.29 is 9.53 Å². The molecule has 1 aliphatic heterocycles. The maximum Gasteiger partial charge on any atom is 0.407 e. The van der Waals surface area contributed by atoms with Crippen molar-refractivity contribution in [3.05, 3.63) is 35.4 Å². The summed E-state index contributed by atoms with van der Waals surface area (Å²) in [5, 5.41) is 6.48. The first-order chi connectivity index (χ1) is 10.9. The minimum atomic E-state index is -0.468. The van der Waals surface area contributed by atoms with Gasteiger partial charge in [-0.15, -0.1) is 0 Å². The number of hydrogen-bond donors (Lipinski definition) is 2. The minimum absolute atomic E-state index is 0.371. The summed E-state index contributed by atoms with van der Waals surface area (Å²) in [6, 6.07) is 8.83. The Balaban J connectivity index is 1.85. The lowest BCUT2D eigenvalue weighted by Gasteiger charge is -2.23. The van der Waals surface area contributed by atoms with E-state index >= 15 is 0 Å². The minimum Gasteiger partial charge on any atom is -0.444 e. The van der Waals surface area contributed by atoms with Crippen molar-refractivity contribution in [2.45, 2.75) is 58.3 Å². The van der Waals surface area contributed by atoms with Crippen LogP contribution in [-0.4, -0.2) is 29.2 Å². The number of alkyl carbamates (subject to hydrolysis) is 1. The molecular weight excluding hydrogens is 308 g/mol. The average Bonchev–Trinajstić information content (AvgIpc) is 2.51. The van der Waals surface area contributed by atoms with Crippen molar-refractivity contribution in [1.82, 2.24) is 10.6 Å². The molecule has 0 saturated carbocycles. The van der Waals surface area contributed by atoms with Crippen LogP contribution in [0.3, 0.4) is 0 Å². The van der Waals surface area contributed by atoms with E-state index in [-0.39, 0.29) is 6.09 Å². The fourth-order valence-corrected chi connectivity index (χ4v) is 3.65. The lowest BCUT2D eigenvalue weighted by molar-refractivity contribution is 0.0523. The first-order valence-corrected chi connectivity index (χ1v) is 9.44. The van der Waals surface area contributed by atoms with Gasteiger partial charge in [0.05, 0.1) is 0 Å². The predicted octanol–water partition coefficient (Wildman–Crippen LogP) is 3.70. The maximum absolute atomic E-state index is 11.8. The van der Waals surface area contributed by atoms with Gasteiger partial charge in [-0.05, 0) is 50.5 Å². The second kappa shape index (κ2) is 8.60. The largest absolute Gasteiger partial charge is 0.444 e. The van der Waals surface area contributed by atoms with Crippen molar-refractivity contribution in [3.63, 3.8) is 0 Å². The summed E-state index contributed by atoms with van der Waals surface area (Å²) >= 11 is 2.03. The Hall–Kier alpha value is -1.20. The molecule has 0 bridgehead atoms. The molecule has 2 N–H and O–H groups in total. The Kier molecular flexibility index (Phi) is 6.78. The standard InChI is InChI=1S/C18H28N2O2S/c1-18(2,3)22-17(21)20-12-15-8-5-4-7-14(15)11-19-16-9-6-10-23-13-16/h4-5,7-8,16,19H,6,9-13H2,1-3H3,(H,20,21). The van der Waals surface area contributed by atoms with Crippen LogP contribution in [0.4, 0.5) is 4.79 Å². The van der Waals surface area contributed by atoms with Gasteiger partial charge in [-0.3, -0.25) is 0 Å². The third kappa shape index (κ3) is 6.83. The number of thioether (sulfide) groups is 1. The van der Waals surface area contributed by atoms with Crippen molar-refractivity contribution in [1.29, 1.82) is 0 Å². The van der Waals surface area contributed by atoms with Crippen LogP contribution in [0.15, 0.2) is 24.3 Å². The molecule has 1 saturated heterocycles. The molecule has 1 fully saturated rings. The molecule has 1 heterocycles. The van der Waals surface area contributed by atoms with E-state index in [0.717, 1.165) is 12.1 Å². The Morgan fingerprint density at radius 1 is 1.26 bits per heavy atom. The number of carbonyl (C=O) groups is 1. The molecule has 1 atom stereocenters. The van der Waals surface area contributed by atoms with Gasteiger partial charge in [-0.25, -0.2) is 4.79 Å².